The third-order valence-electron chi connectivity index (χ3n) is 2.83. The van der Waals surface area contributed by atoms with E-state index in [-0.39, 0.29) is 0 Å². The molecule has 3 aromatic rings. The Balaban J connectivity index is 1.59. The van der Waals surface area contributed by atoms with E-state index in [0.717, 1.165) is 16.9 Å². The van der Waals surface area contributed by atoms with Gasteiger partial charge in [0, 0.05) is 36.8 Å². The van der Waals surface area contributed by atoms with Gasteiger partial charge in [-0.2, -0.15) is 0 Å². The molecule has 0 atom stereocenters. The second kappa shape index (κ2) is 5.57. The summed E-state index contributed by atoms with van der Waals surface area (Å²) in [4.78, 5) is 20.4. The van der Waals surface area contributed by atoms with Crippen LogP contribution in [0.2, 0.25) is 0 Å². The van der Waals surface area contributed by atoms with Crippen molar-refractivity contribution in [3.63, 3.8) is 0 Å². The van der Waals surface area contributed by atoms with Crippen LogP contribution in [0.25, 0.3) is 4.96 Å². The lowest BCUT2D eigenvalue weighted by molar-refractivity contribution is 0.0944. The van der Waals surface area contributed by atoms with E-state index in [9.17, 15) is 13.6 Å². The fraction of sp³-hybridized carbons (Fsp3) is 0.154. The van der Waals surface area contributed by atoms with Gasteiger partial charge in [-0.25, -0.2) is 18.7 Å². The zero-order valence-corrected chi connectivity index (χ0v) is 11.5. The molecule has 0 fully saturated rings. The summed E-state index contributed by atoms with van der Waals surface area (Å²) in [6.07, 6.45) is 5.09. The fourth-order valence-electron chi connectivity index (χ4n) is 1.87. The van der Waals surface area contributed by atoms with Gasteiger partial charge in [-0.15, -0.1) is 11.3 Å². The van der Waals surface area contributed by atoms with Crippen LogP contribution in [0.4, 0.5) is 8.78 Å². The Morgan fingerprint density at radius 3 is 3.05 bits per heavy atom. The fourth-order valence-corrected chi connectivity index (χ4v) is 2.58. The Hall–Kier alpha value is -2.35. The Labute approximate surface area is 122 Å². The van der Waals surface area contributed by atoms with Gasteiger partial charge in [0.1, 0.15) is 5.82 Å². The number of hydrogen-bond acceptors (Lipinski definition) is 4. The highest BCUT2D eigenvalue weighted by atomic mass is 32.1. The number of amides is 1. The first kappa shape index (κ1) is 13.6. The van der Waals surface area contributed by atoms with Gasteiger partial charge in [-0.05, 0) is 0 Å². The number of pyridine rings is 1. The van der Waals surface area contributed by atoms with Crippen LogP contribution in [-0.2, 0) is 6.42 Å². The molecule has 0 aromatic carbocycles. The number of aromatic nitrogens is 3. The molecule has 0 aliphatic heterocycles. The van der Waals surface area contributed by atoms with E-state index in [4.69, 9.17) is 0 Å². The van der Waals surface area contributed by atoms with E-state index in [0.29, 0.717) is 19.0 Å². The van der Waals surface area contributed by atoms with E-state index in [2.05, 4.69) is 15.3 Å². The van der Waals surface area contributed by atoms with Gasteiger partial charge >= 0.3 is 0 Å². The van der Waals surface area contributed by atoms with Crippen LogP contribution in [0.15, 0.2) is 30.0 Å². The molecule has 0 aliphatic rings. The molecule has 0 saturated carbocycles. The Kier molecular flexibility index (Phi) is 3.61. The van der Waals surface area contributed by atoms with Crippen LogP contribution in [-0.4, -0.2) is 26.8 Å². The van der Waals surface area contributed by atoms with Crippen molar-refractivity contribution in [2.75, 3.05) is 6.54 Å². The molecule has 3 aromatic heterocycles. The Morgan fingerprint density at radius 1 is 1.43 bits per heavy atom. The largest absolute Gasteiger partial charge is 0.350 e. The van der Waals surface area contributed by atoms with Gasteiger partial charge < -0.3 is 5.32 Å². The van der Waals surface area contributed by atoms with Crippen molar-refractivity contribution >= 4 is 22.2 Å². The molecule has 8 heteroatoms. The lowest BCUT2D eigenvalue weighted by atomic mass is 10.3. The number of nitrogens with one attached hydrogen (secondary N) is 1. The molecule has 0 saturated heterocycles. The van der Waals surface area contributed by atoms with Gasteiger partial charge in [-0.1, -0.05) is 0 Å². The predicted molar refractivity (Wildman–Crippen MR) is 73.3 cm³/mol. The topological polar surface area (TPSA) is 59.3 Å². The first-order valence-corrected chi connectivity index (χ1v) is 7.02. The minimum atomic E-state index is -0.977. The molecule has 0 bridgehead atoms. The Bertz CT molecular complexity index is 770. The number of rotatable bonds is 4. The number of hydrogen-bond donors (Lipinski definition) is 1. The smallest absolute Gasteiger partial charge is 0.272 e. The van der Waals surface area contributed by atoms with Crippen molar-refractivity contribution in [3.8, 4) is 0 Å². The molecule has 0 radical (unpaired) electrons. The number of carbonyl (C=O) groups excluding carboxylic acids is 1. The number of fused-ring (bicyclic) bond motifs is 1. The summed E-state index contributed by atoms with van der Waals surface area (Å²) in [5.41, 5.74) is 0.414. The first-order chi connectivity index (χ1) is 10.1. The maximum Gasteiger partial charge on any atom is 0.272 e. The zero-order chi connectivity index (χ0) is 14.8. The number of nitrogens with zero attached hydrogens (tertiary/aromatic N) is 3. The average Bonchev–Trinajstić information content (AvgIpc) is 2.99. The standard InChI is InChI=1S/C13H10F2N4OS/c14-8-5-10(15)11(17-6-8)12(20)16-2-1-9-7-19-3-4-21-13(19)18-9/h3-7H,1-2H2,(H,16,20). The van der Waals surface area contributed by atoms with Crippen molar-refractivity contribution < 1.29 is 13.6 Å². The van der Waals surface area contributed by atoms with E-state index in [1.54, 1.807) is 0 Å². The average molecular weight is 308 g/mol. The predicted octanol–water partition coefficient (Wildman–Crippen LogP) is 2.04. The molecule has 3 heterocycles. The highest BCUT2D eigenvalue weighted by Gasteiger charge is 2.14. The van der Waals surface area contributed by atoms with Gasteiger partial charge in [0.2, 0.25) is 0 Å². The van der Waals surface area contributed by atoms with E-state index in [1.807, 2.05) is 22.2 Å². The molecule has 108 valence electrons. The summed E-state index contributed by atoms with van der Waals surface area (Å²) < 4.78 is 28.0. The second-order valence-electron chi connectivity index (χ2n) is 4.31. The highest BCUT2D eigenvalue weighted by Crippen LogP contribution is 2.11. The SMILES string of the molecule is O=C(NCCc1cn2ccsc2n1)c1ncc(F)cc1F. The quantitative estimate of drug-likeness (QED) is 0.802. The summed E-state index contributed by atoms with van der Waals surface area (Å²) in [6.45, 7) is 0.294. The van der Waals surface area contributed by atoms with Crippen molar-refractivity contribution in [1.29, 1.82) is 0 Å². The Morgan fingerprint density at radius 2 is 2.29 bits per heavy atom. The third-order valence-corrected chi connectivity index (χ3v) is 3.60. The summed E-state index contributed by atoms with van der Waals surface area (Å²) in [7, 11) is 0. The van der Waals surface area contributed by atoms with Crippen LogP contribution in [0, 0.1) is 11.6 Å². The van der Waals surface area contributed by atoms with Crippen LogP contribution in [0.3, 0.4) is 0 Å². The van der Waals surface area contributed by atoms with Crippen molar-refractivity contribution in [1.82, 2.24) is 19.7 Å². The summed E-state index contributed by atoms with van der Waals surface area (Å²) in [5, 5.41) is 4.46. The first-order valence-electron chi connectivity index (χ1n) is 6.14. The second-order valence-corrected chi connectivity index (χ2v) is 5.19. The molecular weight excluding hydrogens is 298 g/mol. The van der Waals surface area contributed by atoms with Gasteiger partial charge in [-0.3, -0.25) is 9.20 Å². The minimum absolute atomic E-state index is 0.294. The lowest BCUT2D eigenvalue weighted by Crippen LogP contribution is -2.27. The lowest BCUT2D eigenvalue weighted by Gasteiger charge is -2.04. The summed E-state index contributed by atoms with van der Waals surface area (Å²) >= 11 is 1.52. The summed E-state index contributed by atoms with van der Waals surface area (Å²) in [5.74, 6) is -2.47. The monoisotopic (exact) mass is 308 g/mol. The molecule has 21 heavy (non-hydrogen) atoms. The number of thiazole rings is 1. The number of imidazole rings is 1. The van der Waals surface area contributed by atoms with Crippen LogP contribution < -0.4 is 5.32 Å². The molecule has 0 spiro atoms. The van der Waals surface area contributed by atoms with Crippen LogP contribution in [0.1, 0.15) is 16.2 Å². The minimum Gasteiger partial charge on any atom is -0.350 e. The normalized spacial score (nSPS) is 11.0. The number of carbonyl (C=O) groups is 1. The van der Waals surface area contributed by atoms with E-state index in [1.165, 1.54) is 11.3 Å². The molecule has 0 aliphatic carbocycles. The van der Waals surface area contributed by atoms with E-state index >= 15 is 0 Å². The van der Waals surface area contributed by atoms with Gasteiger partial charge in [0.25, 0.3) is 5.91 Å². The van der Waals surface area contributed by atoms with Crippen molar-refractivity contribution in [2.45, 2.75) is 6.42 Å². The maximum absolute atomic E-state index is 13.4. The maximum atomic E-state index is 13.4. The third kappa shape index (κ3) is 2.89. The van der Waals surface area contributed by atoms with E-state index < -0.39 is 23.2 Å². The number of halogens is 2. The molecule has 1 amide bonds. The van der Waals surface area contributed by atoms with Gasteiger partial charge in [0.05, 0.1) is 11.9 Å². The molecular formula is C13H10F2N4OS. The van der Waals surface area contributed by atoms with Crippen LogP contribution >= 0.6 is 11.3 Å². The summed E-state index contributed by atoms with van der Waals surface area (Å²) in [6, 6.07) is 0.630. The van der Waals surface area contributed by atoms with Crippen LogP contribution in [0.5, 0.6) is 0 Å². The highest BCUT2D eigenvalue weighted by molar-refractivity contribution is 7.15. The molecule has 0 unspecified atom stereocenters. The van der Waals surface area contributed by atoms with Gasteiger partial charge in [0.15, 0.2) is 16.5 Å². The molecule has 5 nitrogen and oxygen atoms in total. The molecule has 1 N–H and O–H groups in total. The van der Waals surface area contributed by atoms with Crippen molar-refractivity contribution in [2.24, 2.45) is 0 Å². The zero-order valence-electron chi connectivity index (χ0n) is 10.7. The molecule has 3 rings (SSSR count). The van der Waals surface area contributed by atoms with Crippen molar-refractivity contribution in [3.05, 3.63) is 53.1 Å².